The predicted molar refractivity (Wildman–Crippen MR) is 81.8 cm³/mol. The molecule has 2 saturated carbocycles. The number of nitrogens with two attached hydrogens (primary N) is 1. The summed E-state index contributed by atoms with van der Waals surface area (Å²) in [6.07, 6.45) is 7.77. The van der Waals surface area contributed by atoms with Crippen molar-refractivity contribution in [2.75, 3.05) is 33.9 Å². The Morgan fingerprint density at radius 3 is 2.60 bits per heavy atom. The van der Waals surface area contributed by atoms with Crippen LogP contribution in [-0.4, -0.2) is 56.5 Å². The van der Waals surface area contributed by atoms with E-state index < -0.39 is 0 Å². The summed E-state index contributed by atoms with van der Waals surface area (Å²) in [5, 5.41) is 0. The van der Waals surface area contributed by atoms with Gasteiger partial charge in [0.2, 0.25) is 0 Å². The fraction of sp³-hybridized carbons (Fsp3) is 1.00. The van der Waals surface area contributed by atoms with Crippen molar-refractivity contribution < 1.29 is 9.47 Å². The van der Waals surface area contributed by atoms with Gasteiger partial charge in [0, 0.05) is 38.9 Å². The lowest BCUT2D eigenvalue weighted by molar-refractivity contribution is -0.0492. The second kappa shape index (κ2) is 7.21. The summed E-state index contributed by atoms with van der Waals surface area (Å²) in [4.78, 5) is 2.65. The molecule has 0 aromatic rings. The van der Waals surface area contributed by atoms with Crippen molar-refractivity contribution in [1.82, 2.24) is 4.90 Å². The molecule has 118 valence electrons. The van der Waals surface area contributed by atoms with Crippen LogP contribution in [0.5, 0.6) is 0 Å². The van der Waals surface area contributed by atoms with Gasteiger partial charge in [0.1, 0.15) is 0 Å². The Hall–Kier alpha value is -0.160. The Kier molecular flexibility index (Phi) is 5.84. The highest BCUT2D eigenvalue weighted by atomic mass is 16.5. The Labute approximate surface area is 124 Å². The molecule has 0 aromatic carbocycles. The lowest BCUT2D eigenvalue weighted by atomic mass is 9.77. The van der Waals surface area contributed by atoms with Gasteiger partial charge in [-0.3, -0.25) is 4.90 Å². The van der Waals surface area contributed by atoms with E-state index in [2.05, 4.69) is 11.8 Å². The van der Waals surface area contributed by atoms with Gasteiger partial charge in [-0.2, -0.15) is 0 Å². The maximum Gasteiger partial charge on any atom is 0.0590 e. The zero-order valence-corrected chi connectivity index (χ0v) is 13.4. The summed E-state index contributed by atoms with van der Waals surface area (Å²) in [5.74, 6) is 0.859. The average molecular weight is 284 g/mol. The SMILES string of the molecule is COCCN(C(C)C1CC1)C1(CN)CCCC(OC)C1. The van der Waals surface area contributed by atoms with E-state index in [1.54, 1.807) is 7.11 Å². The molecule has 0 aliphatic heterocycles. The van der Waals surface area contributed by atoms with Crippen LogP contribution in [-0.2, 0) is 9.47 Å². The molecule has 4 nitrogen and oxygen atoms in total. The molecule has 0 saturated heterocycles. The molecule has 20 heavy (non-hydrogen) atoms. The molecule has 0 aromatic heterocycles. The second-order valence-electron chi connectivity index (χ2n) is 6.65. The first kappa shape index (κ1) is 16.2. The van der Waals surface area contributed by atoms with Crippen LogP contribution in [0.15, 0.2) is 0 Å². The maximum absolute atomic E-state index is 6.25. The number of nitrogens with zero attached hydrogens (tertiary/aromatic N) is 1. The van der Waals surface area contributed by atoms with Crippen molar-refractivity contribution in [2.24, 2.45) is 11.7 Å². The van der Waals surface area contributed by atoms with Crippen molar-refractivity contribution in [3.63, 3.8) is 0 Å². The largest absolute Gasteiger partial charge is 0.383 e. The first-order chi connectivity index (χ1) is 9.66. The minimum absolute atomic E-state index is 0.111. The number of hydrogen-bond donors (Lipinski definition) is 1. The Morgan fingerprint density at radius 2 is 2.05 bits per heavy atom. The number of ether oxygens (including phenoxy) is 2. The van der Waals surface area contributed by atoms with Gasteiger partial charge in [-0.15, -0.1) is 0 Å². The minimum Gasteiger partial charge on any atom is -0.383 e. The molecule has 3 unspecified atom stereocenters. The smallest absolute Gasteiger partial charge is 0.0590 e. The van der Waals surface area contributed by atoms with Gasteiger partial charge in [-0.1, -0.05) is 0 Å². The molecule has 0 spiro atoms. The van der Waals surface area contributed by atoms with Gasteiger partial charge in [0.05, 0.1) is 12.7 Å². The molecular weight excluding hydrogens is 252 g/mol. The molecule has 2 aliphatic carbocycles. The van der Waals surface area contributed by atoms with E-state index in [1.165, 1.54) is 32.1 Å². The van der Waals surface area contributed by atoms with Crippen molar-refractivity contribution >= 4 is 0 Å². The van der Waals surface area contributed by atoms with Crippen LogP contribution in [0.25, 0.3) is 0 Å². The summed E-state index contributed by atoms with van der Waals surface area (Å²) >= 11 is 0. The highest BCUT2D eigenvalue weighted by molar-refractivity contribution is 5.01. The van der Waals surface area contributed by atoms with Gasteiger partial charge in [-0.25, -0.2) is 0 Å². The molecule has 2 rings (SSSR count). The third-order valence-electron chi connectivity index (χ3n) is 5.43. The molecule has 4 heteroatoms. The third kappa shape index (κ3) is 3.53. The zero-order valence-electron chi connectivity index (χ0n) is 13.4. The summed E-state index contributed by atoms with van der Waals surface area (Å²) in [6, 6.07) is 0.615. The van der Waals surface area contributed by atoms with Gasteiger partial charge < -0.3 is 15.2 Å². The molecule has 2 fully saturated rings. The summed E-state index contributed by atoms with van der Waals surface area (Å²) in [7, 11) is 3.62. The molecule has 2 N–H and O–H groups in total. The Bertz CT molecular complexity index is 296. The molecule has 0 radical (unpaired) electrons. The van der Waals surface area contributed by atoms with Crippen LogP contribution >= 0.6 is 0 Å². The van der Waals surface area contributed by atoms with E-state index in [-0.39, 0.29) is 5.54 Å². The fourth-order valence-electron chi connectivity index (χ4n) is 3.95. The quantitative estimate of drug-likeness (QED) is 0.741. The first-order valence-corrected chi connectivity index (χ1v) is 8.15. The molecule has 0 heterocycles. The number of hydrogen-bond acceptors (Lipinski definition) is 4. The normalized spacial score (nSPS) is 32.5. The van der Waals surface area contributed by atoms with Crippen LogP contribution < -0.4 is 5.73 Å². The van der Waals surface area contributed by atoms with Gasteiger partial charge in [0.15, 0.2) is 0 Å². The van der Waals surface area contributed by atoms with Gasteiger partial charge >= 0.3 is 0 Å². The van der Waals surface area contributed by atoms with Crippen molar-refractivity contribution in [3.05, 3.63) is 0 Å². The number of rotatable bonds is 8. The Balaban J connectivity index is 2.13. The first-order valence-electron chi connectivity index (χ1n) is 8.15. The van der Waals surface area contributed by atoms with Gasteiger partial charge in [0.25, 0.3) is 0 Å². The highest BCUT2D eigenvalue weighted by Crippen LogP contribution is 2.41. The second-order valence-corrected chi connectivity index (χ2v) is 6.65. The van der Waals surface area contributed by atoms with Crippen molar-refractivity contribution in [2.45, 2.75) is 63.1 Å². The average Bonchev–Trinajstić information content (AvgIpc) is 3.32. The van der Waals surface area contributed by atoms with Crippen molar-refractivity contribution in [1.29, 1.82) is 0 Å². The summed E-state index contributed by atoms with van der Waals surface area (Å²) in [5.41, 5.74) is 6.36. The van der Waals surface area contributed by atoms with Crippen molar-refractivity contribution in [3.8, 4) is 0 Å². The maximum atomic E-state index is 6.25. The predicted octanol–water partition coefficient (Wildman–Crippen LogP) is 2.02. The Morgan fingerprint density at radius 1 is 1.30 bits per heavy atom. The number of methoxy groups -OCH3 is 2. The lowest BCUT2D eigenvalue weighted by Gasteiger charge is -2.50. The van der Waals surface area contributed by atoms with Gasteiger partial charge in [-0.05, 0) is 51.4 Å². The molecule has 3 atom stereocenters. The van der Waals surface area contributed by atoms with E-state index in [9.17, 15) is 0 Å². The summed E-state index contributed by atoms with van der Waals surface area (Å²) in [6.45, 7) is 4.88. The standard InChI is InChI=1S/C16H32N2O2/c1-13(14-6-7-14)18(9-10-19-2)16(12-17)8-4-5-15(11-16)20-3/h13-15H,4-12,17H2,1-3H3. The fourth-order valence-corrected chi connectivity index (χ4v) is 3.95. The van der Waals surface area contributed by atoms with Crippen LogP contribution in [0.2, 0.25) is 0 Å². The molecule has 2 aliphatic rings. The summed E-state index contributed by atoms with van der Waals surface area (Å²) < 4.78 is 11.0. The van der Waals surface area contributed by atoms with Crippen LogP contribution in [0.1, 0.15) is 45.4 Å². The molecule has 0 amide bonds. The van der Waals surface area contributed by atoms with Crippen LogP contribution in [0, 0.1) is 5.92 Å². The third-order valence-corrected chi connectivity index (χ3v) is 5.43. The van der Waals surface area contributed by atoms with Crippen LogP contribution in [0.4, 0.5) is 0 Å². The highest BCUT2D eigenvalue weighted by Gasteiger charge is 2.45. The molecular formula is C16H32N2O2. The van der Waals surface area contributed by atoms with E-state index in [0.29, 0.717) is 12.1 Å². The monoisotopic (exact) mass is 284 g/mol. The van der Waals surface area contributed by atoms with E-state index >= 15 is 0 Å². The van der Waals surface area contributed by atoms with E-state index in [1.807, 2.05) is 7.11 Å². The molecule has 0 bridgehead atoms. The van der Waals surface area contributed by atoms with Crippen LogP contribution in [0.3, 0.4) is 0 Å². The topological polar surface area (TPSA) is 47.7 Å². The zero-order chi connectivity index (χ0) is 14.6. The van der Waals surface area contributed by atoms with E-state index in [0.717, 1.165) is 32.0 Å². The minimum atomic E-state index is 0.111. The van der Waals surface area contributed by atoms with E-state index in [4.69, 9.17) is 15.2 Å². The lowest BCUT2D eigenvalue weighted by Crippen LogP contribution is -2.61.